The minimum absolute atomic E-state index is 0.0211. The maximum Gasteiger partial charge on any atom is 0.305 e. The zero-order chi connectivity index (χ0) is 64.4. The Morgan fingerprint density at radius 2 is 0.708 bits per heavy atom. The number of rotatable bonds is 71. The molecule has 6 N–H and O–H groups in total. The molecule has 7 unspecified atom stereocenters. The highest BCUT2D eigenvalue weighted by Crippen LogP contribution is 2.24. The Morgan fingerprint density at radius 1 is 0.404 bits per heavy atom. The number of nitrogens with one attached hydrogen (secondary N) is 1. The van der Waals surface area contributed by atoms with E-state index in [0.717, 1.165) is 51.4 Å². The summed E-state index contributed by atoms with van der Waals surface area (Å²) in [6.45, 7) is 4.38. The monoisotopic (exact) mass is 1260 g/mol. The standard InChI is InChI=1S/C78H151NO10/c1-3-5-7-9-11-13-14-15-39-43-46-50-54-58-62-66-74(83)87-67-63-59-55-51-47-44-41-38-36-34-32-30-28-26-24-22-20-18-16-17-19-21-23-25-27-29-31-33-35-37-40-42-45-49-53-57-61-65-73(82)79-70(71(81)64-60-56-52-48-12-10-8-6-4-2)69-88-78-77(86)76(85)75(84)72(68-80)89-78/h60,64,70-72,75-78,80-81,84-86H,3-59,61-63,65-69H2,1-2H3,(H,79,82)/b64-60+. The van der Waals surface area contributed by atoms with E-state index in [-0.39, 0.29) is 18.5 Å². The van der Waals surface area contributed by atoms with E-state index in [1.54, 1.807) is 6.08 Å². The van der Waals surface area contributed by atoms with E-state index in [1.165, 1.54) is 334 Å². The average Bonchev–Trinajstić information content (AvgIpc) is 2.38. The van der Waals surface area contributed by atoms with Crippen LogP contribution in [0.5, 0.6) is 0 Å². The Hall–Kier alpha value is -1.60. The summed E-state index contributed by atoms with van der Waals surface area (Å²) in [5.74, 6) is -0.154. The summed E-state index contributed by atoms with van der Waals surface area (Å²) in [5.41, 5.74) is 0. The van der Waals surface area contributed by atoms with Gasteiger partial charge in [-0.3, -0.25) is 9.59 Å². The fraction of sp³-hybridized carbons (Fsp3) is 0.949. The van der Waals surface area contributed by atoms with Gasteiger partial charge in [0.05, 0.1) is 32.0 Å². The summed E-state index contributed by atoms with van der Waals surface area (Å²) in [4.78, 5) is 25.1. The maximum atomic E-state index is 13.0. The van der Waals surface area contributed by atoms with Crippen LogP contribution in [0.3, 0.4) is 0 Å². The molecule has 11 heteroatoms. The number of aliphatic hydroxyl groups is 5. The van der Waals surface area contributed by atoms with E-state index in [0.29, 0.717) is 19.4 Å². The molecule has 0 radical (unpaired) electrons. The largest absolute Gasteiger partial charge is 0.466 e. The van der Waals surface area contributed by atoms with Crippen LogP contribution in [-0.4, -0.2) is 100 Å². The van der Waals surface area contributed by atoms with Gasteiger partial charge < -0.3 is 45.1 Å². The SMILES string of the molecule is CCCCCCCCC/C=C/C(O)C(COC1OC(CO)C(O)C(O)C1O)NC(=O)CCCCCCCCCCCCCCCCCCCCCCCCCCCCCCCCCCCCCCCOC(=O)CCCCCCCCCCCCCCCCC. The van der Waals surface area contributed by atoms with E-state index in [9.17, 15) is 35.1 Å². The predicted octanol–water partition coefficient (Wildman–Crippen LogP) is 21.0. The third kappa shape index (κ3) is 56.5. The molecule has 0 spiro atoms. The quantitative estimate of drug-likeness (QED) is 0.0195. The first-order valence-electron chi connectivity index (χ1n) is 39.5. The van der Waals surface area contributed by atoms with E-state index in [2.05, 4.69) is 19.2 Å². The second-order valence-electron chi connectivity index (χ2n) is 27.8. The lowest BCUT2D eigenvalue weighted by atomic mass is 9.99. The van der Waals surface area contributed by atoms with Crippen LogP contribution in [0.1, 0.15) is 412 Å². The molecule has 528 valence electrons. The van der Waals surface area contributed by atoms with Gasteiger partial charge in [-0.15, -0.1) is 0 Å². The van der Waals surface area contributed by atoms with E-state index >= 15 is 0 Å². The van der Waals surface area contributed by atoms with Crippen LogP contribution in [0.4, 0.5) is 0 Å². The Labute approximate surface area is 550 Å². The van der Waals surface area contributed by atoms with Crippen molar-refractivity contribution in [2.75, 3.05) is 19.8 Å². The summed E-state index contributed by atoms with van der Waals surface area (Å²) in [6, 6.07) is -0.803. The van der Waals surface area contributed by atoms with E-state index in [1.807, 2.05) is 6.08 Å². The van der Waals surface area contributed by atoms with Crippen LogP contribution in [0, 0.1) is 0 Å². The van der Waals surface area contributed by atoms with Gasteiger partial charge in [0.25, 0.3) is 0 Å². The third-order valence-corrected chi connectivity index (χ3v) is 19.2. The molecule has 7 atom stereocenters. The van der Waals surface area contributed by atoms with Crippen molar-refractivity contribution in [3.05, 3.63) is 12.2 Å². The molecule has 1 aliphatic rings. The maximum absolute atomic E-state index is 13.0. The van der Waals surface area contributed by atoms with Crippen molar-refractivity contribution in [3.63, 3.8) is 0 Å². The first-order chi connectivity index (χ1) is 43.7. The van der Waals surface area contributed by atoms with Crippen molar-refractivity contribution < 1.29 is 49.3 Å². The van der Waals surface area contributed by atoms with Gasteiger partial charge in [-0.25, -0.2) is 0 Å². The number of ether oxygens (including phenoxy) is 3. The first kappa shape index (κ1) is 85.4. The summed E-state index contributed by atoms with van der Waals surface area (Å²) >= 11 is 0. The molecule has 1 fully saturated rings. The number of carbonyl (C=O) groups is 2. The predicted molar refractivity (Wildman–Crippen MR) is 375 cm³/mol. The van der Waals surface area contributed by atoms with Crippen molar-refractivity contribution in [1.82, 2.24) is 5.32 Å². The van der Waals surface area contributed by atoms with Crippen molar-refractivity contribution in [1.29, 1.82) is 0 Å². The Bertz CT molecular complexity index is 1480. The molecule has 89 heavy (non-hydrogen) atoms. The molecular weight excluding hydrogens is 1110 g/mol. The lowest BCUT2D eigenvalue weighted by Gasteiger charge is -2.40. The number of aliphatic hydroxyl groups excluding tert-OH is 5. The molecule has 0 aromatic heterocycles. The second kappa shape index (κ2) is 67.8. The fourth-order valence-electron chi connectivity index (χ4n) is 13.0. The average molecular weight is 1260 g/mol. The van der Waals surface area contributed by atoms with Crippen LogP contribution >= 0.6 is 0 Å². The zero-order valence-corrected chi connectivity index (χ0v) is 58.9. The third-order valence-electron chi connectivity index (χ3n) is 19.2. The molecule has 0 aliphatic carbocycles. The minimum Gasteiger partial charge on any atom is -0.466 e. The minimum atomic E-state index is -1.57. The number of hydrogen-bond acceptors (Lipinski definition) is 10. The highest BCUT2D eigenvalue weighted by atomic mass is 16.7. The lowest BCUT2D eigenvalue weighted by molar-refractivity contribution is -0.302. The smallest absolute Gasteiger partial charge is 0.305 e. The highest BCUT2D eigenvalue weighted by Gasteiger charge is 2.44. The Kier molecular flexibility index (Phi) is 65.1. The lowest BCUT2D eigenvalue weighted by Crippen LogP contribution is -2.60. The van der Waals surface area contributed by atoms with Crippen LogP contribution in [0.25, 0.3) is 0 Å². The van der Waals surface area contributed by atoms with Crippen LogP contribution < -0.4 is 5.32 Å². The normalized spacial score (nSPS) is 17.7. The van der Waals surface area contributed by atoms with Gasteiger partial charge in [-0.1, -0.05) is 379 Å². The van der Waals surface area contributed by atoms with E-state index in [4.69, 9.17) is 14.2 Å². The molecule has 0 aromatic rings. The van der Waals surface area contributed by atoms with Crippen LogP contribution in [-0.2, 0) is 23.8 Å². The summed E-state index contributed by atoms with van der Waals surface area (Å²) in [5, 5.41) is 54.3. The van der Waals surface area contributed by atoms with Crippen LogP contribution in [0.2, 0.25) is 0 Å². The van der Waals surface area contributed by atoms with Crippen molar-refractivity contribution >= 4 is 11.9 Å². The number of carbonyl (C=O) groups excluding carboxylic acids is 2. The molecule has 1 rings (SSSR count). The molecule has 0 bridgehead atoms. The molecule has 11 nitrogen and oxygen atoms in total. The number of amides is 1. The first-order valence-corrected chi connectivity index (χ1v) is 39.5. The summed E-state index contributed by atoms with van der Waals surface area (Å²) in [6.07, 6.45) is 75.5. The number of allylic oxidation sites excluding steroid dienone is 1. The topological polar surface area (TPSA) is 175 Å². The number of unbranched alkanes of at least 4 members (excludes halogenated alkanes) is 57. The highest BCUT2D eigenvalue weighted by molar-refractivity contribution is 5.76. The molecule has 1 heterocycles. The summed E-state index contributed by atoms with van der Waals surface area (Å²) in [7, 11) is 0. The van der Waals surface area contributed by atoms with Crippen LogP contribution in [0.15, 0.2) is 12.2 Å². The van der Waals surface area contributed by atoms with Crippen molar-refractivity contribution in [3.8, 4) is 0 Å². The molecule has 1 amide bonds. The van der Waals surface area contributed by atoms with Gasteiger partial charge in [0.1, 0.15) is 24.4 Å². The summed E-state index contributed by atoms with van der Waals surface area (Å²) < 4.78 is 16.7. The molecule has 0 aromatic carbocycles. The zero-order valence-electron chi connectivity index (χ0n) is 58.9. The van der Waals surface area contributed by atoms with Gasteiger partial charge in [0.2, 0.25) is 5.91 Å². The second-order valence-corrected chi connectivity index (χ2v) is 27.8. The van der Waals surface area contributed by atoms with E-state index < -0.39 is 49.5 Å². The number of hydrogen-bond donors (Lipinski definition) is 6. The fourth-order valence-corrected chi connectivity index (χ4v) is 13.0. The molecule has 1 saturated heterocycles. The molecule has 0 saturated carbocycles. The van der Waals surface area contributed by atoms with Gasteiger partial charge >= 0.3 is 5.97 Å². The van der Waals surface area contributed by atoms with Crippen molar-refractivity contribution in [2.24, 2.45) is 0 Å². The number of esters is 1. The molecule has 1 aliphatic heterocycles. The van der Waals surface area contributed by atoms with Gasteiger partial charge in [0, 0.05) is 12.8 Å². The molecular formula is C78H151NO10. The van der Waals surface area contributed by atoms with Gasteiger partial charge in [-0.2, -0.15) is 0 Å². The van der Waals surface area contributed by atoms with Gasteiger partial charge in [-0.05, 0) is 32.1 Å². The van der Waals surface area contributed by atoms with Gasteiger partial charge in [0.15, 0.2) is 6.29 Å². The Balaban J connectivity index is 1.83. The Morgan fingerprint density at radius 3 is 1.04 bits per heavy atom. The van der Waals surface area contributed by atoms with Crippen molar-refractivity contribution in [2.45, 2.75) is 455 Å².